The van der Waals surface area contributed by atoms with Crippen molar-refractivity contribution in [3.63, 3.8) is 0 Å². The molecule has 0 bridgehead atoms. The van der Waals surface area contributed by atoms with Gasteiger partial charge in [0.2, 0.25) is 0 Å². The van der Waals surface area contributed by atoms with E-state index in [0.29, 0.717) is 12.2 Å². The van der Waals surface area contributed by atoms with Crippen molar-refractivity contribution in [2.75, 3.05) is 0 Å². The SMILES string of the molecule is Cc1noc2c1CC[C@]2(O)c1cccc(-c2csc(-c3c[nH]c4ncccc34)n2)c1. The van der Waals surface area contributed by atoms with Crippen LogP contribution in [0.3, 0.4) is 0 Å². The van der Waals surface area contributed by atoms with E-state index in [1.54, 1.807) is 17.5 Å². The summed E-state index contributed by atoms with van der Waals surface area (Å²) in [4.78, 5) is 12.4. The standard InChI is InChI=1S/C23H18N4O2S/c1-13-16-7-8-23(28,20(16)29-27-13)15-5-2-4-14(10-15)19-12-30-22(26-19)18-11-25-21-17(18)6-3-9-24-21/h2-6,9-12,28H,7-8H2,1H3,(H,24,25)/t23-/m0/s1. The molecule has 1 aromatic carbocycles. The van der Waals surface area contributed by atoms with Crippen LogP contribution in [0.25, 0.3) is 32.9 Å². The normalized spacial score (nSPS) is 18.2. The van der Waals surface area contributed by atoms with Crippen molar-refractivity contribution >= 4 is 22.4 Å². The van der Waals surface area contributed by atoms with Crippen LogP contribution in [-0.2, 0) is 12.0 Å². The van der Waals surface area contributed by atoms with E-state index in [1.165, 1.54) is 0 Å². The number of nitrogens with zero attached hydrogens (tertiary/aromatic N) is 3. The monoisotopic (exact) mass is 414 g/mol. The number of thiazole rings is 1. The van der Waals surface area contributed by atoms with Crippen LogP contribution < -0.4 is 0 Å². The van der Waals surface area contributed by atoms with Crippen LogP contribution in [0.5, 0.6) is 0 Å². The number of fused-ring (bicyclic) bond motifs is 2. The summed E-state index contributed by atoms with van der Waals surface area (Å²) < 4.78 is 5.49. The van der Waals surface area contributed by atoms with Crippen molar-refractivity contribution < 1.29 is 9.63 Å². The molecule has 6 nitrogen and oxygen atoms in total. The summed E-state index contributed by atoms with van der Waals surface area (Å²) in [6.07, 6.45) is 5.09. The zero-order valence-electron chi connectivity index (χ0n) is 16.2. The van der Waals surface area contributed by atoms with Gasteiger partial charge in [0, 0.05) is 39.9 Å². The maximum Gasteiger partial charge on any atom is 0.176 e. The Morgan fingerprint density at radius 1 is 1.23 bits per heavy atom. The molecular formula is C23H18N4O2S. The number of benzene rings is 1. The largest absolute Gasteiger partial charge is 0.377 e. The van der Waals surface area contributed by atoms with Crippen molar-refractivity contribution in [3.05, 3.63) is 76.8 Å². The molecule has 0 saturated heterocycles. The molecule has 0 spiro atoms. The lowest BCUT2D eigenvalue weighted by atomic mass is 9.90. The Bertz CT molecular complexity index is 1400. The van der Waals surface area contributed by atoms with Crippen LogP contribution >= 0.6 is 11.3 Å². The average molecular weight is 414 g/mol. The molecule has 2 N–H and O–H groups in total. The molecule has 4 aromatic heterocycles. The fourth-order valence-corrected chi connectivity index (χ4v) is 5.16. The van der Waals surface area contributed by atoms with Gasteiger partial charge in [-0.05, 0) is 43.5 Å². The number of hydrogen-bond acceptors (Lipinski definition) is 6. The molecule has 1 aliphatic carbocycles. The van der Waals surface area contributed by atoms with Crippen LogP contribution in [0.1, 0.15) is 29.0 Å². The molecule has 5 aromatic rings. The zero-order chi connectivity index (χ0) is 20.3. The highest BCUT2D eigenvalue weighted by atomic mass is 32.1. The van der Waals surface area contributed by atoms with E-state index < -0.39 is 5.60 Å². The fraction of sp³-hybridized carbons (Fsp3) is 0.174. The number of nitrogens with one attached hydrogen (secondary N) is 1. The van der Waals surface area contributed by atoms with E-state index in [1.807, 2.05) is 54.9 Å². The highest BCUT2D eigenvalue weighted by molar-refractivity contribution is 7.13. The molecule has 0 aliphatic heterocycles. The number of hydrogen-bond donors (Lipinski definition) is 2. The van der Waals surface area contributed by atoms with E-state index in [0.717, 1.165) is 56.1 Å². The van der Waals surface area contributed by atoms with Gasteiger partial charge < -0.3 is 14.6 Å². The van der Waals surface area contributed by atoms with Crippen molar-refractivity contribution in [1.82, 2.24) is 20.1 Å². The maximum atomic E-state index is 11.4. The summed E-state index contributed by atoms with van der Waals surface area (Å²) in [5.74, 6) is 0.572. The summed E-state index contributed by atoms with van der Waals surface area (Å²) in [5, 5.41) is 19.5. The molecule has 1 atom stereocenters. The lowest BCUT2D eigenvalue weighted by molar-refractivity contribution is 0.0534. The van der Waals surface area contributed by atoms with Gasteiger partial charge in [-0.25, -0.2) is 9.97 Å². The highest BCUT2D eigenvalue weighted by Crippen LogP contribution is 2.44. The van der Waals surface area contributed by atoms with Gasteiger partial charge in [-0.2, -0.15) is 0 Å². The minimum atomic E-state index is -1.14. The molecule has 6 rings (SSSR count). The maximum absolute atomic E-state index is 11.4. The van der Waals surface area contributed by atoms with Crippen LogP contribution in [0.4, 0.5) is 0 Å². The zero-order valence-corrected chi connectivity index (χ0v) is 17.0. The smallest absolute Gasteiger partial charge is 0.176 e. The average Bonchev–Trinajstić information content (AvgIpc) is 3.54. The predicted molar refractivity (Wildman–Crippen MR) is 115 cm³/mol. The topological polar surface area (TPSA) is 87.8 Å². The molecule has 30 heavy (non-hydrogen) atoms. The van der Waals surface area contributed by atoms with Crippen molar-refractivity contribution in [1.29, 1.82) is 0 Å². The Morgan fingerprint density at radius 2 is 2.17 bits per heavy atom. The Labute approximate surface area is 176 Å². The van der Waals surface area contributed by atoms with Crippen molar-refractivity contribution in [2.24, 2.45) is 0 Å². The Morgan fingerprint density at radius 3 is 3.10 bits per heavy atom. The first-order valence-corrected chi connectivity index (χ1v) is 10.7. The third-order valence-corrected chi connectivity index (χ3v) is 6.79. The Kier molecular flexibility index (Phi) is 3.72. The first-order chi connectivity index (χ1) is 14.6. The van der Waals surface area contributed by atoms with E-state index in [9.17, 15) is 5.11 Å². The molecule has 0 fully saturated rings. The van der Waals surface area contributed by atoms with Crippen molar-refractivity contribution in [2.45, 2.75) is 25.4 Å². The van der Waals surface area contributed by atoms with Gasteiger partial charge in [0.1, 0.15) is 10.7 Å². The summed E-state index contributed by atoms with van der Waals surface area (Å²) in [6, 6.07) is 11.9. The first-order valence-electron chi connectivity index (χ1n) is 9.80. The minimum absolute atomic E-state index is 0.572. The quantitative estimate of drug-likeness (QED) is 0.441. The van der Waals surface area contributed by atoms with Gasteiger partial charge in [0.25, 0.3) is 0 Å². The van der Waals surface area contributed by atoms with E-state index in [2.05, 4.69) is 15.1 Å². The van der Waals surface area contributed by atoms with Gasteiger partial charge in [-0.15, -0.1) is 11.3 Å². The minimum Gasteiger partial charge on any atom is -0.377 e. The van der Waals surface area contributed by atoms with Crippen LogP contribution in [0, 0.1) is 6.92 Å². The number of aromatic amines is 1. The lowest BCUT2D eigenvalue weighted by Crippen LogP contribution is -2.23. The highest BCUT2D eigenvalue weighted by Gasteiger charge is 2.43. The number of aryl methyl sites for hydroxylation is 1. The number of rotatable bonds is 3. The summed E-state index contributed by atoms with van der Waals surface area (Å²) >= 11 is 1.60. The molecule has 0 radical (unpaired) electrons. The summed E-state index contributed by atoms with van der Waals surface area (Å²) in [6.45, 7) is 1.92. The van der Waals surface area contributed by atoms with E-state index >= 15 is 0 Å². The summed E-state index contributed by atoms with van der Waals surface area (Å²) in [7, 11) is 0. The number of H-pyrrole nitrogens is 1. The number of aromatic nitrogens is 4. The van der Waals surface area contributed by atoms with Crippen molar-refractivity contribution in [3.8, 4) is 21.8 Å². The molecule has 148 valence electrons. The third kappa shape index (κ3) is 2.49. The predicted octanol–water partition coefficient (Wildman–Crippen LogP) is 4.83. The molecule has 0 amide bonds. The van der Waals surface area contributed by atoms with Gasteiger partial charge in [-0.3, -0.25) is 0 Å². The Hall–Kier alpha value is -3.29. The molecule has 7 heteroatoms. The van der Waals surface area contributed by atoms with Gasteiger partial charge in [0.15, 0.2) is 11.4 Å². The second-order valence-electron chi connectivity index (χ2n) is 7.66. The molecule has 1 aliphatic rings. The van der Waals surface area contributed by atoms with Crippen LogP contribution in [0.15, 0.2) is 58.7 Å². The molecular weight excluding hydrogens is 396 g/mol. The van der Waals surface area contributed by atoms with E-state index in [4.69, 9.17) is 9.51 Å². The Balaban J connectivity index is 1.39. The van der Waals surface area contributed by atoms with Gasteiger partial charge in [0.05, 0.1) is 11.4 Å². The molecule has 0 saturated carbocycles. The van der Waals surface area contributed by atoms with Gasteiger partial charge >= 0.3 is 0 Å². The van der Waals surface area contributed by atoms with E-state index in [-0.39, 0.29) is 0 Å². The summed E-state index contributed by atoms with van der Waals surface area (Å²) in [5.41, 5.74) is 5.28. The first kappa shape index (κ1) is 17.6. The molecule has 4 heterocycles. The number of pyridine rings is 1. The lowest BCUT2D eigenvalue weighted by Gasteiger charge is -2.22. The van der Waals surface area contributed by atoms with Gasteiger partial charge in [-0.1, -0.05) is 23.4 Å². The van der Waals surface area contributed by atoms with Crippen LogP contribution in [-0.4, -0.2) is 25.2 Å². The molecule has 0 unspecified atom stereocenters. The second-order valence-corrected chi connectivity index (χ2v) is 8.51. The van der Waals surface area contributed by atoms with Crippen LogP contribution in [0.2, 0.25) is 0 Å². The fourth-order valence-electron chi connectivity index (χ4n) is 4.30. The number of aliphatic hydroxyl groups is 1. The second kappa shape index (κ2) is 6.35. The third-order valence-electron chi connectivity index (χ3n) is 5.92.